The van der Waals surface area contributed by atoms with E-state index in [1.54, 1.807) is 6.20 Å². The van der Waals surface area contributed by atoms with Gasteiger partial charge in [0.25, 0.3) is 0 Å². The van der Waals surface area contributed by atoms with Crippen molar-refractivity contribution in [2.75, 3.05) is 13.1 Å². The fraction of sp³-hybridized carbons (Fsp3) is 0.304. The van der Waals surface area contributed by atoms with Gasteiger partial charge in [0, 0.05) is 49.1 Å². The molecule has 4 rings (SSSR count). The highest BCUT2D eigenvalue weighted by molar-refractivity contribution is 6.30. The molecule has 1 amide bonds. The van der Waals surface area contributed by atoms with Crippen LogP contribution in [0.1, 0.15) is 24.3 Å². The van der Waals surface area contributed by atoms with Crippen LogP contribution in [0.15, 0.2) is 65.2 Å². The molecule has 0 spiro atoms. The Morgan fingerprint density at radius 2 is 1.97 bits per heavy atom. The molecule has 3 aromatic rings. The summed E-state index contributed by atoms with van der Waals surface area (Å²) in [5.74, 6) is 1.30. The number of rotatable bonds is 7. The van der Waals surface area contributed by atoms with Crippen LogP contribution in [0.2, 0.25) is 5.02 Å². The van der Waals surface area contributed by atoms with Crippen LogP contribution in [0.4, 0.5) is 0 Å². The molecule has 1 unspecified atom stereocenters. The van der Waals surface area contributed by atoms with Crippen LogP contribution in [0.25, 0.3) is 11.3 Å². The fourth-order valence-electron chi connectivity index (χ4n) is 3.63. The van der Waals surface area contributed by atoms with Crippen molar-refractivity contribution in [3.8, 4) is 11.3 Å². The Morgan fingerprint density at radius 3 is 2.76 bits per heavy atom. The maximum atomic E-state index is 12.3. The summed E-state index contributed by atoms with van der Waals surface area (Å²) in [5.41, 5.74) is 2.22. The van der Waals surface area contributed by atoms with Gasteiger partial charge in [-0.1, -0.05) is 41.9 Å². The quantitative estimate of drug-likeness (QED) is 0.631. The van der Waals surface area contributed by atoms with Crippen molar-refractivity contribution in [2.24, 2.45) is 0 Å². The summed E-state index contributed by atoms with van der Waals surface area (Å²) in [4.78, 5) is 19.0. The summed E-state index contributed by atoms with van der Waals surface area (Å²) >= 11 is 5.91. The monoisotopic (exact) mass is 409 g/mol. The molecule has 1 atom stereocenters. The molecule has 1 fully saturated rings. The number of oxazole rings is 1. The molecule has 5 nitrogen and oxygen atoms in total. The number of aryl methyl sites for hydroxylation is 1. The molecule has 2 aromatic carbocycles. The van der Waals surface area contributed by atoms with Gasteiger partial charge >= 0.3 is 0 Å². The molecular weight excluding hydrogens is 386 g/mol. The molecule has 29 heavy (non-hydrogen) atoms. The van der Waals surface area contributed by atoms with Crippen molar-refractivity contribution in [3.63, 3.8) is 0 Å². The molecule has 1 N–H and O–H groups in total. The second-order valence-electron chi connectivity index (χ2n) is 7.40. The topological polar surface area (TPSA) is 58.4 Å². The van der Waals surface area contributed by atoms with Gasteiger partial charge in [-0.3, -0.25) is 9.69 Å². The van der Waals surface area contributed by atoms with E-state index in [1.165, 1.54) is 5.56 Å². The predicted octanol–water partition coefficient (Wildman–Crippen LogP) is 4.32. The van der Waals surface area contributed by atoms with Gasteiger partial charge < -0.3 is 9.73 Å². The first kappa shape index (κ1) is 19.7. The van der Waals surface area contributed by atoms with E-state index in [0.717, 1.165) is 31.6 Å². The molecule has 150 valence electrons. The first-order chi connectivity index (χ1) is 14.2. The van der Waals surface area contributed by atoms with E-state index in [2.05, 4.69) is 39.5 Å². The van der Waals surface area contributed by atoms with Crippen molar-refractivity contribution < 1.29 is 9.21 Å². The number of benzene rings is 2. The van der Waals surface area contributed by atoms with Gasteiger partial charge in [0.2, 0.25) is 5.91 Å². The number of nitrogens with zero attached hydrogens (tertiary/aromatic N) is 2. The van der Waals surface area contributed by atoms with Crippen LogP contribution in [-0.2, 0) is 17.8 Å². The van der Waals surface area contributed by atoms with Crippen molar-refractivity contribution in [1.82, 2.24) is 15.2 Å². The molecule has 0 bridgehead atoms. The second kappa shape index (κ2) is 9.25. The normalized spacial score (nSPS) is 16.8. The number of aromatic nitrogens is 1. The largest absolute Gasteiger partial charge is 0.441 e. The number of hydrogen-bond donors (Lipinski definition) is 1. The molecule has 1 saturated heterocycles. The maximum absolute atomic E-state index is 12.3. The van der Waals surface area contributed by atoms with E-state index < -0.39 is 0 Å². The van der Waals surface area contributed by atoms with Gasteiger partial charge in [0.15, 0.2) is 11.7 Å². The Labute approximate surface area is 175 Å². The minimum atomic E-state index is 0.0443. The van der Waals surface area contributed by atoms with Crippen LogP contribution < -0.4 is 5.32 Å². The lowest BCUT2D eigenvalue weighted by molar-refractivity contribution is -0.121. The number of amides is 1. The highest BCUT2D eigenvalue weighted by atomic mass is 35.5. The third kappa shape index (κ3) is 5.46. The summed E-state index contributed by atoms with van der Waals surface area (Å²) in [7, 11) is 0. The van der Waals surface area contributed by atoms with Crippen molar-refractivity contribution in [3.05, 3.63) is 77.3 Å². The lowest BCUT2D eigenvalue weighted by atomic mass is 10.2. The molecule has 0 saturated carbocycles. The summed E-state index contributed by atoms with van der Waals surface area (Å²) in [5, 5.41) is 3.82. The second-order valence-corrected chi connectivity index (χ2v) is 7.84. The molecule has 1 aromatic heterocycles. The van der Waals surface area contributed by atoms with Crippen molar-refractivity contribution >= 4 is 17.5 Å². The number of hydrogen-bond acceptors (Lipinski definition) is 4. The highest BCUT2D eigenvalue weighted by Gasteiger charge is 2.23. The maximum Gasteiger partial charge on any atom is 0.220 e. The summed E-state index contributed by atoms with van der Waals surface area (Å²) < 4.78 is 5.77. The average Bonchev–Trinajstić information content (AvgIpc) is 3.37. The van der Waals surface area contributed by atoms with Crippen LogP contribution in [0.3, 0.4) is 0 Å². The lowest BCUT2D eigenvalue weighted by Gasteiger charge is -2.16. The fourth-order valence-corrected chi connectivity index (χ4v) is 3.76. The molecule has 0 radical (unpaired) electrons. The van der Waals surface area contributed by atoms with Crippen LogP contribution in [-0.4, -0.2) is 34.9 Å². The Morgan fingerprint density at radius 1 is 1.17 bits per heavy atom. The van der Waals surface area contributed by atoms with E-state index in [1.807, 2.05) is 30.3 Å². The zero-order valence-corrected chi connectivity index (χ0v) is 16.9. The molecule has 6 heteroatoms. The standard InChI is InChI=1S/C23H24ClN3O2/c24-19-8-6-18(7-9-19)21-14-25-23(29-21)11-10-22(28)26-20-12-13-27(16-20)15-17-4-2-1-3-5-17/h1-9,14,20H,10-13,15-16H2,(H,26,28). The van der Waals surface area contributed by atoms with Gasteiger partial charge in [-0.2, -0.15) is 0 Å². The predicted molar refractivity (Wildman–Crippen MR) is 114 cm³/mol. The zero-order chi connectivity index (χ0) is 20.1. The van der Waals surface area contributed by atoms with Gasteiger partial charge in [-0.15, -0.1) is 0 Å². The number of carbonyl (C=O) groups excluding carboxylic acids is 1. The number of halogens is 1. The molecule has 0 aliphatic carbocycles. The Kier molecular flexibility index (Phi) is 6.27. The van der Waals surface area contributed by atoms with Crippen molar-refractivity contribution in [2.45, 2.75) is 31.8 Å². The van der Waals surface area contributed by atoms with E-state index in [0.29, 0.717) is 29.5 Å². The van der Waals surface area contributed by atoms with E-state index in [4.69, 9.17) is 16.0 Å². The zero-order valence-electron chi connectivity index (χ0n) is 16.2. The van der Waals surface area contributed by atoms with E-state index in [9.17, 15) is 4.79 Å². The molecular formula is C23H24ClN3O2. The molecule has 1 aliphatic heterocycles. The number of carbonyl (C=O) groups is 1. The lowest BCUT2D eigenvalue weighted by Crippen LogP contribution is -2.37. The Balaban J connectivity index is 1.22. The Hall–Kier alpha value is -2.63. The SMILES string of the molecule is O=C(CCc1ncc(-c2ccc(Cl)cc2)o1)NC1CCN(Cc2ccccc2)C1. The van der Waals surface area contributed by atoms with E-state index in [-0.39, 0.29) is 11.9 Å². The van der Waals surface area contributed by atoms with E-state index >= 15 is 0 Å². The summed E-state index contributed by atoms with van der Waals surface area (Å²) in [6.45, 7) is 2.82. The average molecular weight is 410 g/mol. The third-order valence-electron chi connectivity index (χ3n) is 5.13. The van der Waals surface area contributed by atoms with Crippen molar-refractivity contribution in [1.29, 1.82) is 0 Å². The minimum Gasteiger partial charge on any atom is -0.441 e. The molecule has 1 aliphatic rings. The van der Waals surface area contributed by atoms with Gasteiger partial charge in [-0.05, 0) is 36.2 Å². The number of likely N-dealkylation sites (tertiary alicyclic amines) is 1. The first-order valence-electron chi connectivity index (χ1n) is 9.92. The Bertz CT molecular complexity index is 940. The van der Waals surface area contributed by atoms with Crippen LogP contribution >= 0.6 is 11.6 Å². The highest BCUT2D eigenvalue weighted by Crippen LogP contribution is 2.22. The summed E-state index contributed by atoms with van der Waals surface area (Å²) in [6, 6.07) is 18.0. The smallest absolute Gasteiger partial charge is 0.220 e. The van der Waals surface area contributed by atoms with Gasteiger partial charge in [-0.25, -0.2) is 4.98 Å². The first-order valence-corrected chi connectivity index (χ1v) is 10.3. The van der Waals surface area contributed by atoms with Crippen LogP contribution in [0, 0.1) is 0 Å². The summed E-state index contributed by atoms with van der Waals surface area (Å²) in [6.07, 6.45) is 3.53. The van der Waals surface area contributed by atoms with Gasteiger partial charge in [0.1, 0.15) is 0 Å². The minimum absolute atomic E-state index is 0.0443. The number of nitrogens with one attached hydrogen (secondary N) is 1. The third-order valence-corrected chi connectivity index (χ3v) is 5.39. The molecule has 2 heterocycles. The van der Waals surface area contributed by atoms with Gasteiger partial charge in [0.05, 0.1) is 6.20 Å². The van der Waals surface area contributed by atoms with Crippen LogP contribution in [0.5, 0.6) is 0 Å².